The topological polar surface area (TPSA) is 57.5 Å². The molecule has 0 bridgehead atoms. The van der Waals surface area contributed by atoms with Gasteiger partial charge in [0.15, 0.2) is 5.60 Å². The molecule has 2 atom stereocenters. The van der Waals surface area contributed by atoms with E-state index in [0.717, 1.165) is 0 Å². The lowest BCUT2D eigenvalue weighted by Crippen LogP contribution is -2.48. The maximum Gasteiger partial charge on any atom is 0.417 e. The zero-order valence-electron chi connectivity index (χ0n) is 7.34. The predicted molar refractivity (Wildman–Crippen MR) is 40.6 cm³/mol. The van der Waals surface area contributed by atoms with E-state index < -0.39 is 36.5 Å². The third-order valence-corrected chi connectivity index (χ3v) is 2.70. The Morgan fingerprint density at radius 2 is 2.07 bits per heavy atom. The summed E-state index contributed by atoms with van der Waals surface area (Å²) in [6.45, 7) is 0. The lowest BCUT2D eigenvalue weighted by atomic mass is 9.87. The van der Waals surface area contributed by atoms with Crippen LogP contribution < -0.4 is 0 Å². The van der Waals surface area contributed by atoms with E-state index in [1.807, 2.05) is 0 Å². The van der Waals surface area contributed by atoms with E-state index in [2.05, 4.69) is 0 Å². The van der Waals surface area contributed by atoms with Gasteiger partial charge in [-0.15, -0.1) is 0 Å². The molecule has 1 fully saturated rings. The maximum absolute atomic E-state index is 12.4. The Labute approximate surface area is 78.5 Å². The van der Waals surface area contributed by atoms with Gasteiger partial charge in [0.25, 0.3) is 0 Å². The van der Waals surface area contributed by atoms with Crippen LogP contribution in [0.15, 0.2) is 0 Å². The van der Waals surface area contributed by atoms with Gasteiger partial charge in [0.1, 0.15) is 0 Å². The first-order chi connectivity index (χ1) is 6.27. The smallest absolute Gasteiger partial charge is 0.417 e. The molecule has 0 aromatic heterocycles. The number of carboxylic acids is 1. The van der Waals surface area contributed by atoms with Crippen molar-refractivity contribution in [3.8, 4) is 0 Å². The molecule has 2 unspecified atom stereocenters. The Balaban J connectivity index is 2.81. The van der Waals surface area contributed by atoms with Crippen molar-refractivity contribution in [1.82, 2.24) is 0 Å². The van der Waals surface area contributed by atoms with E-state index in [1.54, 1.807) is 0 Å². The largest absolute Gasteiger partial charge is 0.481 e. The van der Waals surface area contributed by atoms with E-state index in [0.29, 0.717) is 0 Å². The van der Waals surface area contributed by atoms with Crippen LogP contribution in [0.3, 0.4) is 0 Å². The van der Waals surface area contributed by atoms with Gasteiger partial charge in [0.2, 0.25) is 0 Å². The number of hydrogen-bond donors (Lipinski definition) is 2. The van der Waals surface area contributed by atoms with Crippen LogP contribution in [0.2, 0.25) is 0 Å². The highest BCUT2D eigenvalue weighted by atomic mass is 19.4. The van der Waals surface area contributed by atoms with Crippen molar-refractivity contribution in [3.05, 3.63) is 0 Å². The first kappa shape index (κ1) is 11.3. The SMILES string of the molecule is O=C(O)CC1CCCC1(O)C(F)(F)F. The van der Waals surface area contributed by atoms with Crippen LogP contribution in [0, 0.1) is 5.92 Å². The number of carboxylic acid groups (broad SMARTS) is 1. The monoisotopic (exact) mass is 212 g/mol. The molecule has 6 heteroatoms. The molecule has 14 heavy (non-hydrogen) atoms. The van der Waals surface area contributed by atoms with Gasteiger partial charge in [-0.25, -0.2) is 0 Å². The zero-order valence-corrected chi connectivity index (χ0v) is 7.34. The van der Waals surface area contributed by atoms with E-state index in [1.165, 1.54) is 0 Å². The number of aliphatic carboxylic acids is 1. The van der Waals surface area contributed by atoms with Crippen LogP contribution in [0.5, 0.6) is 0 Å². The second-order valence-corrected chi connectivity index (χ2v) is 3.61. The molecule has 0 amide bonds. The molecule has 0 spiro atoms. The van der Waals surface area contributed by atoms with Gasteiger partial charge in [-0.1, -0.05) is 0 Å². The van der Waals surface area contributed by atoms with Crippen molar-refractivity contribution < 1.29 is 28.2 Å². The number of hydrogen-bond acceptors (Lipinski definition) is 2. The van der Waals surface area contributed by atoms with Gasteiger partial charge >= 0.3 is 12.1 Å². The van der Waals surface area contributed by atoms with Gasteiger partial charge in [-0.05, 0) is 19.3 Å². The molecule has 0 aromatic carbocycles. The zero-order chi connectivity index (χ0) is 11.0. The van der Waals surface area contributed by atoms with Crippen molar-refractivity contribution in [2.24, 2.45) is 5.92 Å². The average molecular weight is 212 g/mol. The Hall–Kier alpha value is -0.780. The second-order valence-electron chi connectivity index (χ2n) is 3.61. The van der Waals surface area contributed by atoms with Crippen LogP contribution in [0.1, 0.15) is 25.7 Å². The molecule has 0 aliphatic heterocycles. The van der Waals surface area contributed by atoms with Gasteiger partial charge in [0.05, 0.1) is 6.42 Å². The van der Waals surface area contributed by atoms with Crippen LogP contribution in [-0.4, -0.2) is 28.0 Å². The first-order valence-corrected chi connectivity index (χ1v) is 4.28. The van der Waals surface area contributed by atoms with Crippen molar-refractivity contribution >= 4 is 5.97 Å². The third-order valence-electron chi connectivity index (χ3n) is 2.70. The molecular weight excluding hydrogens is 201 g/mol. The van der Waals surface area contributed by atoms with Gasteiger partial charge in [0, 0.05) is 5.92 Å². The number of halogens is 3. The number of carbonyl (C=O) groups is 1. The van der Waals surface area contributed by atoms with E-state index >= 15 is 0 Å². The van der Waals surface area contributed by atoms with Crippen molar-refractivity contribution in [3.63, 3.8) is 0 Å². The fraction of sp³-hybridized carbons (Fsp3) is 0.875. The van der Waals surface area contributed by atoms with Crippen LogP contribution in [-0.2, 0) is 4.79 Å². The van der Waals surface area contributed by atoms with Crippen molar-refractivity contribution in [2.75, 3.05) is 0 Å². The summed E-state index contributed by atoms with van der Waals surface area (Å²) in [7, 11) is 0. The van der Waals surface area contributed by atoms with Gasteiger partial charge in [-0.3, -0.25) is 4.79 Å². The lowest BCUT2D eigenvalue weighted by Gasteiger charge is -2.31. The standard InChI is InChI=1S/C8H11F3O3/c9-8(10,11)7(14)3-1-2-5(7)4-6(12)13/h5,14H,1-4H2,(H,12,13). The molecule has 1 aliphatic rings. The molecule has 0 aromatic rings. The molecule has 2 N–H and O–H groups in total. The number of rotatable bonds is 2. The molecule has 0 heterocycles. The molecule has 3 nitrogen and oxygen atoms in total. The highest BCUT2D eigenvalue weighted by Crippen LogP contribution is 2.47. The summed E-state index contributed by atoms with van der Waals surface area (Å²) in [5.74, 6) is -2.51. The summed E-state index contributed by atoms with van der Waals surface area (Å²) in [5.41, 5.74) is -2.80. The minimum Gasteiger partial charge on any atom is -0.481 e. The fourth-order valence-electron chi connectivity index (χ4n) is 1.92. The van der Waals surface area contributed by atoms with Crippen molar-refractivity contribution in [1.29, 1.82) is 0 Å². The Bertz CT molecular complexity index is 238. The minimum atomic E-state index is -4.73. The molecule has 0 saturated heterocycles. The molecule has 0 radical (unpaired) electrons. The molecule has 1 rings (SSSR count). The summed E-state index contributed by atoms with van der Waals surface area (Å²) < 4.78 is 37.2. The minimum absolute atomic E-state index is 0.113. The molecular formula is C8H11F3O3. The molecule has 1 aliphatic carbocycles. The first-order valence-electron chi connectivity index (χ1n) is 4.28. The van der Waals surface area contributed by atoms with Gasteiger partial charge < -0.3 is 10.2 Å². The highest BCUT2D eigenvalue weighted by molar-refractivity contribution is 5.67. The highest BCUT2D eigenvalue weighted by Gasteiger charge is 2.60. The van der Waals surface area contributed by atoms with Crippen molar-refractivity contribution in [2.45, 2.75) is 37.5 Å². The summed E-state index contributed by atoms with van der Waals surface area (Å²) in [4.78, 5) is 10.3. The third kappa shape index (κ3) is 1.84. The van der Waals surface area contributed by atoms with Crippen LogP contribution in [0.25, 0.3) is 0 Å². The lowest BCUT2D eigenvalue weighted by molar-refractivity contribution is -0.272. The summed E-state index contributed by atoms with van der Waals surface area (Å²) in [6.07, 6.45) is -5.43. The second kappa shape index (κ2) is 3.42. The average Bonchev–Trinajstić information content (AvgIpc) is 2.31. The Morgan fingerprint density at radius 3 is 2.50 bits per heavy atom. The summed E-state index contributed by atoms with van der Waals surface area (Å²) in [5, 5.41) is 17.7. The van der Waals surface area contributed by atoms with E-state index in [4.69, 9.17) is 5.11 Å². The quantitative estimate of drug-likeness (QED) is 0.730. The normalized spacial score (nSPS) is 33.3. The molecule has 1 saturated carbocycles. The Kier molecular flexibility index (Phi) is 2.76. The Morgan fingerprint density at radius 1 is 1.50 bits per heavy atom. The fourth-order valence-corrected chi connectivity index (χ4v) is 1.92. The van der Waals surface area contributed by atoms with Crippen LogP contribution in [0.4, 0.5) is 13.2 Å². The summed E-state index contributed by atoms with van der Waals surface area (Å²) in [6, 6.07) is 0. The van der Waals surface area contributed by atoms with E-state index in [-0.39, 0.29) is 12.8 Å². The van der Waals surface area contributed by atoms with E-state index in [9.17, 15) is 23.1 Å². The maximum atomic E-state index is 12.4. The summed E-state index contributed by atoms with van der Waals surface area (Å²) >= 11 is 0. The number of aliphatic hydroxyl groups is 1. The molecule has 82 valence electrons. The van der Waals surface area contributed by atoms with Crippen LogP contribution >= 0.6 is 0 Å². The van der Waals surface area contributed by atoms with Gasteiger partial charge in [-0.2, -0.15) is 13.2 Å². The predicted octanol–water partition coefficient (Wildman–Crippen LogP) is 1.55. The number of alkyl halides is 3.